The molecule has 0 aliphatic heterocycles. The van der Waals surface area contributed by atoms with E-state index < -0.39 is 60.1 Å². The molecule has 0 aromatic heterocycles. The number of hydrogen-bond acceptors (Lipinski definition) is 10. The lowest BCUT2D eigenvalue weighted by molar-refractivity contribution is -0.139. The van der Waals surface area contributed by atoms with E-state index in [1.807, 2.05) is 30.3 Å². The molecule has 0 spiro atoms. The van der Waals surface area contributed by atoms with Crippen LogP contribution in [0.2, 0.25) is 0 Å². The quantitative estimate of drug-likeness (QED) is 0.191. The van der Waals surface area contributed by atoms with Crippen LogP contribution in [0.5, 0.6) is 0 Å². The van der Waals surface area contributed by atoms with Gasteiger partial charge in [0.25, 0.3) is 0 Å². The molecule has 0 bridgehead atoms. The van der Waals surface area contributed by atoms with Gasteiger partial charge in [0.1, 0.15) is 30.2 Å². The first kappa shape index (κ1) is 39.6. The number of aliphatic carboxylic acids is 5. The summed E-state index contributed by atoms with van der Waals surface area (Å²) in [4.78, 5) is 48.7. The fourth-order valence-corrected chi connectivity index (χ4v) is 0.955. The molecule has 1 aromatic carbocycles. The third kappa shape index (κ3) is 32.5. The van der Waals surface area contributed by atoms with E-state index >= 15 is 0 Å². The van der Waals surface area contributed by atoms with E-state index in [0.717, 1.165) is 5.56 Å². The summed E-state index contributed by atoms with van der Waals surface area (Å²) in [5, 5.41) is 40.0. The van der Waals surface area contributed by atoms with Crippen molar-refractivity contribution in [2.75, 3.05) is 0 Å². The van der Waals surface area contributed by atoms with Crippen molar-refractivity contribution in [3.63, 3.8) is 0 Å². The highest BCUT2D eigenvalue weighted by Crippen LogP contribution is 2.01. The van der Waals surface area contributed by atoms with Crippen LogP contribution < -0.4 is 28.7 Å². The summed E-state index contributed by atoms with van der Waals surface area (Å²) in [6.45, 7) is 5.68. The van der Waals surface area contributed by atoms with Crippen molar-refractivity contribution in [2.45, 2.75) is 64.3 Å². The van der Waals surface area contributed by atoms with E-state index in [1.54, 1.807) is 0 Å². The van der Waals surface area contributed by atoms with Gasteiger partial charge in [0.2, 0.25) is 0 Å². The predicted octanol–water partition coefficient (Wildman–Crippen LogP) is -1.69. The second-order valence-electron chi connectivity index (χ2n) is 7.14. The topological polar surface area (TPSA) is 317 Å². The molecule has 208 valence electrons. The SMILES string of the molecule is C[C@H](N)C(=O)O.C[C@H](N)C(=O)O.C[C@H](N)C(=O)O.C[C@H](N)C(=O)O.N[C@@H](Cc1ccccc1)C(=O)O. The molecule has 0 heterocycles. The van der Waals surface area contributed by atoms with Gasteiger partial charge in [-0.15, -0.1) is 0 Å². The molecule has 15 N–H and O–H groups in total. The maximum Gasteiger partial charge on any atom is 0.320 e. The minimum absolute atomic E-state index is 0.385. The maximum absolute atomic E-state index is 10.4. The monoisotopic (exact) mass is 521 g/mol. The lowest BCUT2D eigenvalue weighted by atomic mass is 10.1. The largest absolute Gasteiger partial charge is 0.480 e. The normalized spacial score (nSPS) is 13.2. The highest BCUT2D eigenvalue weighted by Gasteiger charge is 2.11. The van der Waals surface area contributed by atoms with Crippen molar-refractivity contribution in [1.29, 1.82) is 0 Å². The summed E-state index contributed by atoms with van der Waals surface area (Å²) < 4.78 is 0. The van der Waals surface area contributed by atoms with E-state index in [0.29, 0.717) is 6.42 Å². The zero-order valence-corrected chi connectivity index (χ0v) is 20.6. The Labute approximate surface area is 208 Å². The molecular weight excluding hydrogens is 482 g/mol. The summed E-state index contributed by atoms with van der Waals surface area (Å²) >= 11 is 0. The van der Waals surface area contributed by atoms with Gasteiger partial charge in [-0.1, -0.05) is 30.3 Å². The van der Waals surface area contributed by atoms with Crippen LogP contribution in [0.4, 0.5) is 0 Å². The lowest BCUT2D eigenvalue weighted by Crippen LogP contribution is -2.32. The summed E-state index contributed by atoms with van der Waals surface area (Å²) in [5.74, 6) is -4.81. The van der Waals surface area contributed by atoms with Crippen LogP contribution in [-0.2, 0) is 30.4 Å². The first-order valence-corrected chi connectivity index (χ1v) is 10.2. The molecule has 0 radical (unpaired) electrons. The van der Waals surface area contributed by atoms with Gasteiger partial charge in [-0.3, -0.25) is 24.0 Å². The van der Waals surface area contributed by atoms with Gasteiger partial charge in [0.05, 0.1) is 0 Å². The summed E-state index contributed by atoms with van der Waals surface area (Å²) in [6.07, 6.45) is 0.385. The van der Waals surface area contributed by atoms with Crippen LogP contribution in [0.3, 0.4) is 0 Å². The zero-order valence-electron chi connectivity index (χ0n) is 20.6. The van der Waals surface area contributed by atoms with E-state index in [9.17, 15) is 24.0 Å². The van der Waals surface area contributed by atoms with Crippen molar-refractivity contribution >= 4 is 29.8 Å². The maximum atomic E-state index is 10.4. The van der Waals surface area contributed by atoms with E-state index in [-0.39, 0.29) is 0 Å². The smallest absolute Gasteiger partial charge is 0.320 e. The molecule has 15 heteroatoms. The van der Waals surface area contributed by atoms with Gasteiger partial charge in [-0.25, -0.2) is 0 Å². The number of carboxylic acid groups (broad SMARTS) is 5. The average Bonchev–Trinajstić information content (AvgIpc) is 2.75. The molecule has 0 aliphatic rings. The van der Waals surface area contributed by atoms with Gasteiger partial charge < -0.3 is 54.2 Å². The second kappa shape index (κ2) is 23.1. The Kier molecular flexibility index (Phi) is 25.4. The van der Waals surface area contributed by atoms with Crippen molar-refractivity contribution in [1.82, 2.24) is 0 Å². The number of rotatable bonds is 7. The van der Waals surface area contributed by atoms with Gasteiger partial charge in [-0.2, -0.15) is 0 Å². The van der Waals surface area contributed by atoms with Crippen LogP contribution in [0.15, 0.2) is 30.3 Å². The van der Waals surface area contributed by atoms with Crippen molar-refractivity contribution < 1.29 is 49.5 Å². The molecule has 15 nitrogen and oxygen atoms in total. The molecule has 0 saturated carbocycles. The van der Waals surface area contributed by atoms with Gasteiger partial charge in [-0.05, 0) is 39.7 Å². The van der Waals surface area contributed by atoms with Gasteiger partial charge in [0.15, 0.2) is 0 Å². The Morgan fingerprint density at radius 3 is 0.944 bits per heavy atom. The van der Waals surface area contributed by atoms with Crippen LogP contribution >= 0.6 is 0 Å². The van der Waals surface area contributed by atoms with E-state index in [2.05, 4.69) is 0 Å². The van der Waals surface area contributed by atoms with E-state index in [1.165, 1.54) is 27.7 Å². The number of nitrogens with two attached hydrogens (primary N) is 5. The predicted molar refractivity (Wildman–Crippen MR) is 131 cm³/mol. The highest BCUT2D eigenvalue weighted by molar-refractivity contribution is 5.74. The molecule has 0 saturated heterocycles. The van der Waals surface area contributed by atoms with E-state index in [4.69, 9.17) is 54.2 Å². The summed E-state index contributed by atoms with van der Waals surface area (Å²) in [5.41, 5.74) is 25.6. The lowest BCUT2D eigenvalue weighted by Gasteiger charge is -2.04. The number of carbonyl (C=O) groups is 5. The fourth-order valence-electron chi connectivity index (χ4n) is 0.955. The zero-order chi connectivity index (χ0) is 29.6. The minimum Gasteiger partial charge on any atom is -0.480 e. The Morgan fingerprint density at radius 1 is 0.556 bits per heavy atom. The molecule has 5 atom stereocenters. The third-order valence-corrected chi connectivity index (χ3v) is 3.17. The second-order valence-corrected chi connectivity index (χ2v) is 7.14. The Bertz CT molecular complexity index is 700. The molecular formula is C21H39N5O10. The number of benzene rings is 1. The van der Waals surface area contributed by atoms with Crippen LogP contribution in [0.1, 0.15) is 33.3 Å². The molecule has 0 amide bonds. The first-order valence-electron chi connectivity index (χ1n) is 10.2. The average molecular weight is 522 g/mol. The molecule has 0 unspecified atom stereocenters. The standard InChI is InChI=1S/C9H11NO2.4C3H7NO2/c10-8(9(11)12)6-7-4-2-1-3-5-7;4*1-2(4)3(5)6/h1-5,8H,6,10H2,(H,11,12);4*2H,4H2,1H3,(H,5,6)/t8-;4*2-/m00000/s1. The van der Waals surface area contributed by atoms with Crippen LogP contribution in [0.25, 0.3) is 0 Å². The van der Waals surface area contributed by atoms with Gasteiger partial charge in [0, 0.05) is 0 Å². The van der Waals surface area contributed by atoms with Crippen molar-refractivity contribution in [3.8, 4) is 0 Å². The van der Waals surface area contributed by atoms with Crippen molar-refractivity contribution in [2.24, 2.45) is 28.7 Å². The van der Waals surface area contributed by atoms with Crippen molar-refractivity contribution in [3.05, 3.63) is 35.9 Å². The Balaban J connectivity index is -0.000000187. The molecule has 1 aromatic rings. The summed E-state index contributed by atoms with van der Waals surface area (Å²) in [6, 6.07) is 5.62. The highest BCUT2D eigenvalue weighted by atomic mass is 16.4. The number of carboxylic acids is 5. The first-order chi connectivity index (χ1) is 16.3. The Morgan fingerprint density at radius 2 is 0.778 bits per heavy atom. The fraction of sp³-hybridized carbons (Fsp3) is 0.476. The number of hydrogen-bond donors (Lipinski definition) is 10. The molecule has 36 heavy (non-hydrogen) atoms. The van der Waals surface area contributed by atoms with Crippen LogP contribution in [-0.4, -0.2) is 85.6 Å². The minimum atomic E-state index is -0.963. The Hall–Kier alpha value is -3.63. The molecule has 1 rings (SSSR count). The molecule has 0 aliphatic carbocycles. The summed E-state index contributed by atoms with van der Waals surface area (Å²) in [7, 11) is 0. The third-order valence-electron chi connectivity index (χ3n) is 3.17. The van der Waals surface area contributed by atoms with Gasteiger partial charge >= 0.3 is 29.8 Å². The van der Waals surface area contributed by atoms with Crippen LogP contribution in [0, 0.1) is 0 Å². The molecule has 0 fully saturated rings.